The van der Waals surface area contributed by atoms with Crippen LogP contribution in [0.25, 0.3) is 0 Å². The first-order valence-electron chi connectivity index (χ1n) is 7.81. The molecule has 1 amide bonds. The summed E-state index contributed by atoms with van der Waals surface area (Å²) in [6, 6.07) is 16.5. The first kappa shape index (κ1) is 18.2. The first-order valence-corrected chi connectivity index (χ1v) is 9.53. The third-order valence-electron chi connectivity index (χ3n) is 3.86. The molecule has 2 aromatic carbocycles. The van der Waals surface area contributed by atoms with Crippen LogP contribution in [-0.4, -0.2) is 20.9 Å². The standard InChI is InChI=1S/C18H22N2O3S/c1-2-15(16-6-4-3-5-7-16)12-20-18(21)17-10-8-14(9-11-17)13-24(19,22)23/h3-11,15H,2,12-13H2,1H3,(H,20,21)(H2,19,22,23)/t15-/m0/s1. The molecule has 0 aromatic heterocycles. The Labute approximate surface area is 142 Å². The third-order valence-corrected chi connectivity index (χ3v) is 4.59. The van der Waals surface area contributed by atoms with Crippen LogP contribution < -0.4 is 10.5 Å². The van der Waals surface area contributed by atoms with Crippen molar-refractivity contribution in [3.8, 4) is 0 Å². The van der Waals surface area contributed by atoms with E-state index in [2.05, 4.69) is 24.4 Å². The highest BCUT2D eigenvalue weighted by Crippen LogP contribution is 2.18. The van der Waals surface area contributed by atoms with Gasteiger partial charge in [0, 0.05) is 18.0 Å². The van der Waals surface area contributed by atoms with E-state index in [1.165, 1.54) is 5.56 Å². The highest BCUT2D eigenvalue weighted by atomic mass is 32.2. The molecule has 5 nitrogen and oxygen atoms in total. The molecule has 0 aliphatic heterocycles. The van der Waals surface area contributed by atoms with E-state index < -0.39 is 10.0 Å². The summed E-state index contributed by atoms with van der Waals surface area (Å²) in [7, 11) is -3.57. The van der Waals surface area contributed by atoms with Gasteiger partial charge in [-0.05, 0) is 29.7 Å². The molecule has 0 bridgehead atoms. The van der Waals surface area contributed by atoms with Crippen molar-refractivity contribution < 1.29 is 13.2 Å². The van der Waals surface area contributed by atoms with Crippen molar-refractivity contribution in [1.82, 2.24) is 5.32 Å². The van der Waals surface area contributed by atoms with Gasteiger partial charge in [-0.1, -0.05) is 49.4 Å². The van der Waals surface area contributed by atoms with Crippen molar-refractivity contribution in [1.29, 1.82) is 0 Å². The van der Waals surface area contributed by atoms with Gasteiger partial charge >= 0.3 is 0 Å². The van der Waals surface area contributed by atoms with Gasteiger partial charge in [0.05, 0.1) is 5.75 Å². The summed E-state index contributed by atoms with van der Waals surface area (Å²) >= 11 is 0. The average molecular weight is 346 g/mol. The van der Waals surface area contributed by atoms with E-state index in [9.17, 15) is 13.2 Å². The number of nitrogens with one attached hydrogen (secondary N) is 1. The molecule has 2 rings (SSSR count). The number of rotatable bonds is 7. The van der Waals surface area contributed by atoms with Crippen LogP contribution in [0.1, 0.15) is 40.7 Å². The number of primary sulfonamides is 1. The van der Waals surface area contributed by atoms with E-state index in [0.717, 1.165) is 6.42 Å². The summed E-state index contributed by atoms with van der Waals surface area (Å²) in [5, 5.41) is 7.94. The van der Waals surface area contributed by atoms with Gasteiger partial charge in [0.2, 0.25) is 10.0 Å². The molecule has 1 atom stereocenters. The number of hydrogen-bond donors (Lipinski definition) is 2. The summed E-state index contributed by atoms with van der Waals surface area (Å²) in [6.07, 6.45) is 0.928. The minimum absolute atomic E-state index is 0.175. The number of hydrogen-bond acceptors (Lipinski definition) is 3. The van der Waals surface area contributed by atoms with Crippen LogP contribution in [0.15, 0.2) is 54.6 Å². The van der Waals surface area contributed by atoms with Gasteiger partial charge in [-0.15, -0.1) is 0 Å². The molecule has 0 aliphatic carbocycles. The van der Waals surface area contributed by atoms with E-state index in [-0.39, 0.29) is 17.6 Å². The van der Waals surface area contributed by atoms with Crippen molar-refractivity contribution in [3.63, 3.8) is 0 Å². The SMILES string of the molecule is CC[C@@H](CNC(=O)c1ccc(CS(N)(=O)=O)cc1)c1ccccc1. The van der Waals surface area contributed by atoms with E-state index in [0.29, 0.717) is 17.7 Å². The molecule has 128 valence electrons. The Morgan fingerprint density at radius 1 is 1.08 bits per heavy atom. The van der Waals surface area contributed by atoms with Crippen molar-refractivity contribution in [2.75, 3.05) is 6.54 Å². The predicted molar refractivity (Wildman–Crippen MR) is 95.1 cm³/mol. The number of benzene rings is 2. The fourth-order valence-corrected chi connectivity index (χ4v) is 3.18. The van der Waals surface area contributed by atoms with Gasteiger partial charge in [-0.3, -0.25) is 4.79 Å². The van der Waals surface area contributed by atoms with Crippen LogP contribution in [0.4, 0.5) is 0 Å². The Bertz CT molecular complexity index is 772. The maximum atomic E-state index is 12.2. The van der Waals surface area contributed by atoms with Crippen LogP contribution in [0.5, 0.6) is 0 Å². The lowest BCUT2D eigenvalue weighted by atomic mass is 9.96. The molecule has 0 aliphatic rings. The molecule has 0 saturated carbocycles. The second-order valence-electron chi connectivity index (χ2n) is 5.73. The summed E-state index contributed by atoms with van der Waals surface area (Å²) in [5.41, 5.74) is 2.25. The number of amides is 1. The summed E-state index contributed by atoms with van der Waals surface area (Å²) in [5.74, 6) is -0.149. The fourth-order valence-electron chi connectivity index (χ4n) is 2.53. The van der Waals surface area contributed by atoms with E-state index >= 15 is 0 Å². The number of carbonyl (C=O) groups is 1. The quantitative estimate of drug-likeness (QED) is 0.807. The highest BCUT2D eigenvalue weighted by Gasteiger charge is 2.12. The van der Waals surface area contributed by atoms with E-state index in [1.54, 1.807) is 24.3 Å². The Balaban J connectivity index is 1.97. The Morgan fingerprint density at radius 2 is 1.71 bits per heavy atom. The van der Waals surface area contributed by atoms with E-state index in [1.807, 2.05) is 18.2 Å². The van der Waals surface area contributed by atoms with Crippen LogP contribution in [0, 0.1) is 0 Å². The zero-order chi connectivity index (χ0) is 17.6. The normalized spacial score (nSPS) is 12.6. The highest BCUT2D eigenvalue weighted by molar-refractivity contribution is 7.88. The van der Waals surface area contributed by atoms with E-state index in [4.69, 9.17) is 5.14 Å². The van der Waals surface area contributed by atoms with Crippen LogP contribution in [0.2, 0.25) is 0 Å². The maximum absolute atomic E-state index is 12.2. The lowest BCUT2D eigenvalue weighted by Crippen LogP contribution is -2.28. The minimum Gasteiger partial charge on any atom is -0.351 e. The Kier molecular flexibility index (Phi) is 6.11. The first-order chi connectivity index (χ1) is 11.4. The molecule has 24 heavy (non-hydrogen) atoms. The maximum Gasteiger partial charge on any atom is 0.251 e. The van der Waals surface area contributed by atoms with Gasteiger partial charge in [0.15, 0.2) is 0 Å². The van der Waals surface area contributed by atoms with Gasteiger partial charge in [0.25, 0.3) is 5.91 Å². The molecule has 0 unspecified atom stereocenters. The van der Waals surface area contributed by atoms with Gasteiger partial charge < -0.3 is 5.32 Å². The molecule has 0 heterocycles. The monoisotopic (exact) mass is 346 g/mol. The largest absolute Gasteiger partial charge is 0.351 e. The molecule has 0 saturated heterocycles. The molecule has 3 N–H and O–H groups in total. The average Bonchev–Trinajstić information content (AvgIpc) is 2.55. The van der Waals surface area contributed by atoms with Crippen molar-refractivity contribution in [2.45, 2.75) is 25.0 Å². The van der Waals surface area contributed by atoms with Crippen LogP contribution in [-0.2, 0) is 15.8 Å². The number of carbonyl (C=O) groups excluding carboxylic acids is 1. The number of sulfonamides is 1. The summed E-state index contributed by atoms with van der Waals surface area (Å²) in [6.45, 7) is 2.64. The Morgan fingerprint density at radius 3 is 2.25 bits per heavy atom. The second kappa shape index (κ2) is 8.08. The number of nitrogens with two attached hydrogens (primary N) is 1. The minimum atomic E-state index is -3.57. The van der Waals surface area contributed by atoms with Crippen molar-refractivity contribution in [2.24, 2.45) is 5.14 Å². The molecular formula is C18H22N2O3S. The van der Waals surface area contributed by atoms with Gasteiger partial charge in [-0.2, -0.15) is 0 Å². The molecule has 6 heteroatoms. The fraction of sp³-hybridized carbons (Fsp3) is 0.278. The zero-order valence-corrected chi connectivity index (χ0v) is 14.4. The smallest absolute Gasteiger partial charge is 0.251 e. The van der Waals surface area contributed by atoms with Crippen molar-refractivity contribution in [3.05, 3.63) is 71.3 Å². The summed E-state index contributed by atoms with van der Waals surface area (Å²) in [4.78, 5) is 12.2. The van der Waals surface area contributed by atoms with Crippen LogP contribution >= 0.6 is 0 Å². The molecule has 0 fully saturated rings. The second-order valence-corrected chi connectivity index (χ2v) is 7.34. The zero-order valence-electron chi connectivity index (χ0n) is 13.6. The molecular weight excluding hydrogens is 324 g/mol. The molecule has 2 aromatic rings. The lowest BCUT2D eigenvalue weighted by molar-refractivity contribution is 0.0951. The predicted octanol–water partition coefficient (Wildman–Crippen LogP) is 2.40. The molecule has 0 radical (unpaired) electrons. The van der Waals surface area contributed by atoms with Gasteiger partial charge in [0.1, 0.15) is 0 Å². The van der Waals surface area contributed by atoms with Crippen molar-refractivity contribution >= 4 is 15.9 Å². The third kappa shape index (κ3) is 5.47. The topological polar surface area (TPSA) is 89.3 Å². The van der Waals surface area contributed by atoms with Crippen LogP contribution in [0.3, 0.4) is 0 Å². The Hall–Kier alpha value is -2.18. The van der Waals surface area contributed by atoms with Gasteiger partial charge in [-0.25, -0.2) is 13.6 Å². The summed E-state index contributed by atoms with van der Waals surface area (Å²) < 4.78 is 22.1. The lowest BCUT2D eigenvalue weighted by Gasteiger charge is -2.16. The molecule has 0 spiro atoms.